The summed E-state index contributed by atoms with van der Waals surface area (Å²) in [5.41, 5.74) is 1.66. The fraction of sp³-hybridized carbons (Fsp3) is 0.579. The summed E-state index contributed by atoms with van der Waals surface area (Å²) >= 11 is 0. The Labute approximate surface area is 192 Å². The van der Waals surface area contributed by atoms with Crippen LogP contribution in [0.1, 0.15) is 25.8 Å². The summed E-state index contributed by atoms with van der Waals surface area (Å²) in [5.74, 6) is 0.544. The summed E-state index contributed by atoms with van der Waals surface area (Å²) in [6.45, 7) is 4.12. The van der Waals surface area contributed by atoms with Gasteiger partial charge in [-0.3, -0.25) is 9.89 Å². The smallest absolute Gasteiger partial charge is 0.352 e. The molecular formula is C19H30F3IN6O. The highest BCUT2D eigenvalue weighted by atomic mass is 127. The quantitative estimate of drug-likeness (QED) is 0.253. The topological polar surface area (TPSA) is 80.8 Å². The molecule has 1 heterocycles. The number of guanidine groups is 1. The number of alkyl halides is 3. The highest BCUT2D eigenvalue weighted by Crippen LogP contribution is 2.20. The number of urea groups is 1. The van der Waals surface area contributed by atoms with Crippen molar-refractivity contribution in [1.29, 1.82) is 0 Å². The number of nitrogens with zero attached hydrogens (tertiary/aromatic N) is 2. The lowest BCUT2D eigenvalue weighted by Crippen LogP contribution is -2.44. The monoisotopic (exact) mass is 542 g/mol. The number of likely N-dealkylation sites (tertiary alicyclic amines) is 1. The van der Waals surface area contributed by atoms with Crippen molar-refractivity contribution < 1.29 is 18.0 Å². The van der Waals surface area contributed by atoms with Crippen LogP contribution in [-0.4, -0.2) is 61.8 Å². The molecule has 0 radical (unpaired) electrons. The van der Waals surface area contributed by atoms with Crippen LogP contribution in [0.25, 0.3) is 0 Å². The standard InChI is InChI=1S/C19H29F3N6O.HI/c1-13(2)25-18(29)27-15-6-4-14(5-7-15)10-24-17(23-3)26-16-8-9-28(11-16)12-19(20,21)22;/h4-7,13,16H,8-12H2,1-3H3,(H2,23,24,26)(H2,25,27,29);1H. The Bertz CT molecular complexity index is 697. The summed E-state index contributed by atoms with van der Waals surface area (Å²) in [4.78, 5) is 17.2. The Morgan fingerprint density at radius 1 is 1.27 bits per heavy atom. The Hall–Kier alpha value is -1.76. The molecule has 0 saturated carbocycles. The molecule has 11 heteroatoms. The molecule has 0 aromatic heterocycles. The first kappa shape index (κ1) is 26.3. The maximum atomic E-state index is 12.5. The molecule has 1 aromatic carbocycles. The van der Waals surface area contributed by atoms with Crippen LogP contribution in [0.3, 0.4) is 0 Å². The molecule has 0 bridgehead atoms. The zero-order valence-corrected chi connectivity index (χ0v) is 19.7. The van der Waals surface area contributed by atoms with Crippen molar-refractivity contribution in [2.24, 2.45) is 4.99 Å². The van der Waals surface area contributed by atoms with Gasteiger partial charge in [0, 0.05) is 44.5 Å². The number of hydrogen-bond donors (Lipinski definition) is 4. The molecule has 30 heavy (non-hydrogen) atoms. The number of anilines is 1. The van der Waals surface area contributed by atoms with E-state index < -0.39 is 12.7 Å². The lowest BCUT2D eigenvalue weighted by atomic mass is 10.2. The van der Waals surface area contributed by atoms with Crippen LogP contribution in [0.2, 0.25) is 0 Å². The lowest BCUT2D eigenvalue weighted by Gasteiger charge is -2.20. The third-order valence-corrected chi connectivity index (χ3v) is 4.33. The van der Waals surface area contributed by atoms with Crippen LogP contribution in [0, 0.1) is 0 Å². The SMILES string of the molecule is CN=C(NCc1ccc(NC(=O)NC(C)C)cc1)NC1CCN(CC(F)(F)F)C1.I. The van der Waals surface area contributed by atoms with Gasteiger partial charge in [0.05, 0.1) is 6.54 Å². The maximum Gasteiger partial charge on any atom is 0.401 e. The predicted octanol–water partition coefficient (Wildman–Crippen LogP) is 3.14. The number of amides is 2. The molecule has 1 unspecified atom stereocenters. The van der Waals surface area contributed by atoms with E-state index in [1.807, 2.05) is 26.0 Å². The van der Waals surface area contributed by atoms with Gasteiger partial charge in [0.1, 0.15) is 0 Å². The molecule has 1 aliphatic rings. The van der Waals surface area contributed by atoms with Crippen molar-refractivity contribution >= 4 is 41.7 Å². The zero-order valence-electron chi connectivity index (χ0n) is 17.3. The fourth-order valence-corrected chi connectivity index (χ4v) is 3.06. The minimum atomic E-state index is -4.18. The first-order chi connectivity index (χ1) is 13.6. The van der Waals surface area contributed by atoms with E-state index in [0.717, 1.165) is 5.56 Å². The van der Waals surface area contributed by atoms with E-state index in [1.165, 1.54) is 4.90 Å². The van der Waals surface area contributed by atoms with Crippen molar-refractivity contribution in [2.75, 3.05) is 32.0 Å². The van der Waals surface area contributed by atoms with Gasteiger partial charge >= 0.3 is 12.2 Å². The Morgan fingerprint density at radius 2 is 1.93 bits per heavy atom. The summed E-state index contributed by atoms with van der Waals surface area (Å²) in [7, 11) is 1.62. The molecule has 1 fully saturated rings. The minimum absolute atomic E-state index is 0. The first-order valence-corrected chi connectivity index (χ1v) is 9.57. The van der Waals surface area contributed by atoms with E-state index >= 15 is 0 Å². The van der Waals surface area contributed by atoms with E-state index in [2.05, 4.69) is 26.3 Å². The number of rotatable bonds is 6. The summed E-state index contributed by atoms with van der Waals surface area (Å²) in [5, 5.41) is 11.8. The van der Waals surface area contributed by atoms with Gasteiger partial charge in [-0.25, -0.2) is 4.79 Å². The van der Waals surface area contributed by atoms with Crippen molar-refractivity contribution in [3.63, 3.8) is 0 Å². The van der Waals surface area contributed by atoms with Gasteiger partial charge in [0.25, 0.3) is 0 Å². The largest absolute Gasteiger partial charge is 0.401 e. The summed E-state index contributed by atoms with van der Waals surface area (Å²) in [6.07, 6.45) is -3.54. The molecule has 0 spiro atoms. The van der Waals surface area contributed by atoms with Crippen LogP contribution in [-0.2, 0) is 6.54 Å². The second-order valence-corrected chi connectivity index (χ2v) is 7.36. The highest BCUT2D eigenvalue weighted by Gasteiger charge is 2.34. The van der Waals surface area contributed by atoms with E-state index in [0.29, 0.717) is 37.7 Å². The molecule has 170 valence electrons. The number of carbonyl (C=O) groups is 1. The lowest BCUT2D eigenvalue weighted by molar-refractivity contribution is -0.143. The van der Waals surface area contributed by atoms with Gasteiger partial charge < -0.3 is 21.3 Å². The average Bonchev–Trinajstić information content (AvgIpc) is 3.04. The normalized spacial score (nSPS) is 17.4. The summed E-state index contributed by atoms with van der Waals surface area (Å²) in [6, 6.07) is 7.09. The molecule has 1 aliphatic heterocycles. The highest BCUT2D eigenvalue weighted by molar-refractivity contribution is 14.0. The Kier molecular flexibility index (Phi) is 10.7. The number of carbonyl (C=O) groups excluding carboxylic acids is 1. The molecule has 1 saturated heterocycles. The third kappa shape index (κ3) is 9.83. The second-order valence-electron chi connectivity index (χ2n) is 7.36. The number of nitrogens with one attached hydrogen (secondary N) is 4. The van der Waals surface area contributed by atoms with Crippen molar-refractivity contribution in [3.05, 3.63) is 29.8 Å². The van der Waals surface area contributed by atoms with Crippen LogP contribution < -0.4 is 21.3 Å². The predicted molar refractivity (Wildman–Crippen MR) is 123 cm³/mol. The molecule has 2 amide bonds. The van der Waals surface area contributed by atoms with Gasteiger partial charge in [-0.15, -0.1) is 24.0 Å². The van der Waals surface area contributed by atoms with Crippen LogP contribution in [0.5, 0.6) is 0 Å². The average molecular weight is 542 g/mol. The number of halogens is 4. The zero-order chi connectivity index (χ0) is 21.4. The Balaban J connectivity index is 0.00000450. The third-order valence-electron chi connectivity index (χ3n) is 4.33. The molecule has 7 nitrogen and oxygen atoms in total. The fourth-order valence-electron chi connectivity index (χ4n) is 3.06. The van der Waals surface area contributed by atoms with E-state index in [-0.39, 0.29) is 42.1 Å². The van der Waals surface area contributed by atoms with Gasteiger partial charge in [-0.05, 0) is 38.0 Å². The van der Waals surface area contributed by atoms with Crippen LogP contribution in [0.15, 0.2) is 29.3 Å². The van der Waals surface area contributed by atoms with Crippen LogP contribution >= 0.6 is 24.0 Å². The molecule has 1 atom stereocenters. The second kappa shape index (κ2) is 12.2. The van der Waals surface area contributed by atoms with E-state index in [1.54, 1.807) is 19.2 Å². The number of aliphatic imine (C=N–C) groups is 1. The first-order valence-electron chi connectivity index (χ1n) is 9.57. The number of hydrogen-bond acceptors (Lipinski definition) is 3. The van der Waals surface area contributed by atoms with Crippen molar-refractivity contribution in [2.45, 2.75) is 45.1 Å². The molecule has 1 aromatic rings. The van der Waals surface area contributed by atoms with Gasteiger partial charge in [-0.1, -0.05) is 12.1 Å². The minimum Gasteiger partial charge on any atom is -0.352 e. The van der Waals surface area contributed by atoms with E-state index in [4.69, 9.17) is 0 Å². The number of benzene rings is 1. The molecule has 4 N–H and O–H groups in total. The maximum absolute atomic E-state index is 12.5. The summed E-state index contributed by atoms with van der Waals surface area (Å²) < 4.78 is 37.5. The Morgan fingerprint density at radius 3 is 2.50 bits per heavy atom. The van der Waals surface area contributed by atoms with Gasteiger partial charge in [-0.2, -0.15) is 13.2 Å². The van der Waals surface area contributed by atoms with Gasteiger partial charge in [0.15, 0.2) is 5.96 Å². The molecule has 2 rings (SSSR count). The van der Waals surface area contributed by atoms with Crippen molar-refractivity contribution in [3.8, 4) is 0 Å². The molecule has 0 aliphatic carbocycles. The van der Waals surface area contributed by atoms with E-state index in [9.17, 15) is 18.0 Å². The van der Waals surface area contributed by atoms with Crippen LogP contribution in [0.4, 0.5) is 23.7 Å². The van der Waals surface area contributed by atoms with Gasteiger partial charge in [0.2, 0.25) is 0 Å². The molecular weight excluding hydrogens is 512 g/mol. The van der Waals surface area contributed by atoms with Crippen molar-refractivity contribution in [1.82, 2.24) is 20.9 Å².